The second-order valence-corrected chi connectivity index (χ2v) is 5.42. The number of ether oxygens (including phenoxy) is 1. The Morgan fingerprint density at radius 2 is 2.00 bits per heavy atom. The highest BCUT2D eigenvalue weighted by Gasteiger charge is 2.19. The van der Waals surface area contributed by atoms with E-state index in [0.717, 1.165) is 36.2 Å². The van der Waals surface area contributed by atoms with Crippen LogP contribution in [0.3, 0.4) is 0 Å². The molecule has 114 valence electrons. The van der Waals surface area contributed by atoms with E-state index in [4.69, 9.17) is 15.9 Å². The van der Waals surface area contributed by atoms with E-state index in [9.17, 15) is 5.11 Å². The maximum absolute atomic E-state index is 9.41. The number of nitrogens with two attached hydrogens (primary N) is 2. The van der Waals surface area contributed by atoms with Crippen molar-refractivity contribution in [1.29, 1.82) is 0 Å². The van der Waals surface area contributed by atoms with Crippen LogP contribution in [0, 0.1) is 0 Å². The zero-order valence-corrected chi connectivity index (χ0v) is 12.3. The highest BCUT2D eigenvalue weighted by atomic mass is 16.5. The van der Waals surface area contributed by atoms with Crippen LogP contribution >= 0.6 is 0 Å². The minimum atomic E-state index is 0.133. The molecule has 3 rings (SSSR count). The average Bonchev–Trinajstić information content (AvgIpc) is 3.01. The van der Waals surface area contributed by atoms with Gasteiger partial charge in [0.25, 0.3) is 0 Å². The molecule has 0 aliphatic carbocycles. The molecule has 22 heavy (non-hydrogen) atoms. The van der Waals surface area contributed by atoms with Gasteiger partial charge in [0.15, 0.2) is 6.21 Å². The van der Waals surface area contributed by atoms with Gasteiger partial charge in [0.1, 0.15) is 23.2 Å². The maximum atomic E-state index is 9.41. The van der Waals surface area contributed by atoms with E-state index in [1.54, 1.807) is 12.1 Å². The molecule has 1 aliphatic rings. The molecule has 0 saturated carbocycles. The van der Waals surface area contributed by atoms with Crippen molar-refractivity contribution in [2.45, 2.75) is 12.5 Å². The van der Waals surface area contributed by atoms with Gasteiger partial charge in [0.2, 0.25) is 0 Å². The first-order valence-corrected chi connectivity index (χ1v) is 7.32. The summed E-state index contributed by atoms with van der Waals surface area (Å²) in [5, 5.41) is 18.4. The van der Waals surface area contributed by atoms with Crippen LogP contribution in [0.5, 0.6) is 11.5 Å². The number of phenolic OH excluding ortho intramolecular Hbond substituents is 1. The van der Waals surface area contributed by atoms with Gasteiger partial charge >= 0.3 is 0 Å². The number of hydrogen-bond acceptors (Lipinski definition) is 4. The highest BCUT2D eigenvalue weighted by Crippen LogP contribution is 2.32. The quantitative estimate of drug-likeness (QED) is 0.490. The third-order valence-corrected chi connectivity index (χ3v) is 3.85. The summed E-state index contributed by atoms with van der Waals surface area (Å²) < 4.78 is 6.06. The van der Waals surface area contributed by atoms with Gasteiger partial charge in [-0.3, -0.25) is 5.41 Å². The van der Waals surface area contributed by atoms with E-state index in [1.165, 1.54) is 6.21 Å². The molecule has 2 aromatic rings. The molecule has 1 heterocycles. The predicted molar refractivity (Wildman–Crippen MR) is 86.9 cm³/mol. The molecule has 5 heteroatoms. The standard InChI is InChI=1S/C17H19N3O2/c18-9-15-16(19)7-12(11-1-3-13(21)4-2-11)8-17(15)22-14-5-6-20-10-14/h1-4,7-9,14,18,20-21H,5-6,10,19H2/p+1/t14-/m0/s1. The lowest BCUT2D eigenvalue weighted by Crippen LogP contribution is -2.31. The van der Waals surface area contributed by atoms with Crippen LogP contribution in [0.15, 0.2) is 36.4 Å². The maximum Gasteiger partial charge on any atom is 0.173 e. The molecule has 0 spiro atoms. The van der Waals surface area contributed by atoms with Crippen molar-refractivity contribution >= 4 is 11.9 Å². The molecule has 0 bridgehead atoms. The lowest BCUT2D eigenvalue weighted by atomic mass is 10.0. The molecule has 1 fully saturated rings. The number of nitrogen functional groups attached to an aromatic ring is 1. The monoisotopic (exact) mass is 298 g/mol. The number of anilines is 1. The zero-order chi connectivity index (χ0) is 15.5. The molecule has 6 N–H and O–H groups in total. The Bertz CT molecular complexity index is 677. The molecule has 5 nitrogen and oxygen atoms in total. The lowest BCUT2D eigenvalue weighted by Gasteiger charge is -2.16. The van der Waals surface area contributed by atoms with Crippen molar-refractivity contribution in [2.75, 3.05) is 18.8 Å². The summed E-state index contributed by atoms with van der Waals surface area (Å²) in [7, 11) is 0. The summed E-state index contributed by atoms with van der Waals surface area (Å²) in [4.78, 5) is 0. The Balaban J connectivity index is 1.99. The number of benzene rings is 2. The van der Waals surface area contributed by atoms with Crippen LogP contribution in [0.1, 0.15) is 12.0 Å². The first-order valence-electron chi connectivity index (χ1n) is 7.32. The SMILES string of the molecule is Nc1cc(-c2ccc(O)cc2)cc(O[C@H]2CCNC2)c1C=[NH2+]. The third-order valence-electron chi connectivity index (χ3n) is 3.85. The van der Waals surface area contributed by atoms with Gasteiger partial charge in [0, 0.05) is 12.2 Å². The van der Waals surface area contributed by atoms with Crippen molar-refractivity contribution in [3.05, 3.63) is 42.0 Å². The Labute approximate surface area is 129 Å². The average molecular weight is 298 g/mol. The molecule has 0 unspecified atom stereocenters. The number of nitrogens with one attached hydrogen (secondary N) is 1. The summed E-state index contributed by atoms with van der Waals surface area (Å²) in [6.45, 7) is 1.78. The summed E-state index contributed by atoms with van der Waals surface area (Å²) >= 11 is 0. The van der Waals surface area contributed by atoms with Crippen LogP contribution in [0.2, 0.25) is 0 Å². The smallest absolute Gasteiger partial charge is 0.173 e. The normalized spacial score (nSPS) is 17.4. The molecule has 1 aliphatic heterocycles. The van der Waals surface area contributed by atoms with E-state index in [2.05, 4.69) is 5.32 Å². The van der Waals surface area contributed by atoms with Gasteiger partial charge in [-0.1, -0.05) is 12.1 Å². The Morgan fingerprint density at radius 3 is 2.64 bits per heavy atom. The van der Waals surface area contributed by atoms with E-state index in [1.807, 2.05) is 24.3 Å². The van der Waals surface area contributed by atoms with Crippen molar-refractivity contribution in [3.63, 3.8) is 0 Å². The van der Waals surface area contributed by atoms with Gasteiger partial charge in [-0.25, -0.2) is 0 Å². The topological polar surface area (TPSA) is 93.1 Å². The van der Waals surface area contributed by atoms with E-state index < -0.39 is 0 Å². The fraction of sp³-hybridized carbons (Fsp3) is 0.235. The number of phenols is 1. The van der Waals surface area contributed by atoms with Crippen LogP contribution in [-0.2, 0) is 0 Å². The summed E-state index contributed by atoms with van der Waals surface area (Å²) in [6.07, 6.45) is 2.58. The highest BCUT2D eigenvalue weighted by molar-refractivity contribution is 5.90. The second kappa shape index (κ2) is 6.07. The first-order chi connectivity index (χ1) is 10.7. The molecule has 0 radical (unpaired) electrons. The van der Waals surface area contributed by atoms with Crippen molar-refractivity contribution in [3.8, 4) is 22.6 Å². The van der Waals surface area contributed by atoms with Crippen molar-refractivity contribution in [1.82, 2.24) is 5.32 Å². The Hall–Kier alpha value is -2.53. The van der Waals surface area contributed by atoms with Gasteiger partial charge in [-0.15, -0.1) is 0 Å². The molecular weight excluding hydrogens is 278 g/mol. The van der Waals surface area contributed by atoms with Gasteiger partial charge in [0.05, 0.1) is 0 Å². The molecule has 1 atom stereocenters. The van der Waals surface area contributed by atoms with Crippen LogP contribution in [0.25, 0.3) is 11.1 Å². The summed E-state index contributed by atoms with van der Waals surface area (Å²) in [5.74, 6) is 0.927. The van der Waals surface area contributed by atoms with Gasteiger partial charge in [-0.05, 0) is 48.4 Å². The van der Waals surface area contributed by atoms with Crippen molar-refractivity contribution in [2.24, 2.45) is 0 Å². The zero-order valence-electron chi connectivity index (χ0n) is 12.3. The largest absolute Gasteiger partial charge is 0.508 e. The lowest BCUT2D eigenvalue weighted by molar-refractivity contribution is -0.104. The van der Waals surface area contributed by atoms with Gasteiger partial charge < -0.3 is 20.9 Å². The molecule has 0 aromatic heterocycles. The van der Waals surface area contributed by atoms with Crippen LogP contribution in [0.4, 0.5) is 5.69 Å². The minimum absolute atomic E-state index is 0.133. The number of rotatable bonds is 4. The van der Waals surface area contributed by atoms with E-state index in [-0.39, 0.29) is 11.9 Å². The van der Waals surface area contributed by atoms with E-state index in [0.29, 0.717) is 11.4 Å². The van der Waals surface area contributed by atoms with Crippen molar-refractivity contribution < 1.29 is 15.3 Å². The Morgan fingerprint density at radius 1 is 1.23 bits per heavy atom. The summed E-state index contributed by atoms with van der Waals surface area (Å²) in [5.41, 5.74) is 9.31. The van der Waals surface area contributed by atoms with Crippen LogP contribution < -0.4 is 21.2 Å². The predicted octanol–water partition coefficient (Wildman–Crippen LogP) is 0.560. The van der Waals surface area contributed by atoms with Gasteiger partial charge in [-0.2, -0.15) is 0 Å². The number of aromatic hydroxyl groups is 1. The van der Waals surface area contributed by atoms with Crippen LogP contribution in [-0.4, -0.2) is 30.5 Å². The fourth-order valence-electron chi connectivity index (χ4n) is 2.65. The molecule has 1 saturated heterocycles. The fourth-order valence-corrected chi connectivity index (χ4v) is 2.65. The van der Waals surface area contributed by atoms with E-state index >= 15 is 0 Å². The Kier molecular flexibility index (Phi) is 3.98. The first kappa shape index (κ1) is 14.4. The third kappa shape index (κ3) is 2.89. The molecule has 2 aromatic carbocycles. The number of hydrogen-bond donors (Lipinski definition) is 4. The molecular formula is C17H20N3O2+. The summed E-state index contributed by atoms with van der Waals surface area (Å²) in [6, 6.07) is 10.8. The molecule has 0 amide bonds. The second-order valence-electron chi connectivity index (χ2n) is 5.42. The minimum Gasteiger partial charge on any atom is -0.508 e.